The van der Waals surface area contributed by atoms with Crippen LogP contribution in [0.5, 0.6) is 17.2 Å². The molecular weight excluding hydrogens is 250 g/mol. The Hall–Kier alpha value is -2.16. The van der Waals surface area contributed by atoms with Crippen molar-refractivity contribution < 1.29 is 9.47 Å². The molecule has 0 heterocycles. The van der Waals surface area contributed by atoms with Crippen LogP contribution in [-0.4, -0.2) is 7.11 Å². The Morgan fingerprint density at radius 3 is 2.30 bits per heavy atom. The Kier molecular flexibility index (Phi) is 4.51. The highest BCUT2D eigenvalue weighted by molar-refractivity contribution is 5.57. The van der Waals surface area contributed by atoms with Crippen molar-refractivity contribution >= 4 is 5.69 Å². The van der Waals surface area contributed by atoms with Crippen molar-refractivity contribution in [2.45, 2.75) is 26.2 Å². The van der Waals surface area contributed by atoms with Crippen LogP contribution >= 0.6 is 0 Å². The maximum atomic E-state index is 5.91. The van der Waals surface area contributed by atoms with Crippen LogP contribution in [0.3, 0.4) is 0 Å². The van der Waals surface area contributed by atoms with E-state index >= 15 is 0 Å². The van der Waals surface area contributed by atoms with E-state index in [0.29, 0.717) is 17.4 Å². The molecular formula is C17H21NO2. The number of rotatable bonds is 5. The molecule has 2 aromatic rings. The molecule has 2 aromatic carbocycles. The Labute approximate surface area is 120 Å². The van der Waals surface area contributed by atoms with Gasteiger partial charge in [0.15, 0.2) is 5.75 Å². The van der Waals surface area contributed by atoms with Gasteiger partial charge < -0.3 is 15.2 Å². The monoisotopic (exact) mass is 271 g/mol. The first kappa shape index (κ1) is 14.3. The second kappa shape index (κ2) is 6.33. The highest BCUT2D eigenvalue weighted by Gasteiger charge is 2.06. The van der Waals surface area contributed by atoms with E-state index in [1.165, 1.54) is 5.56 Å². The zero-order chi connectivity index (χ0) is 14.5. The third-order valence-corrected chi connectivity index (χ3v) is 3.51. The number of ether oxygens (including phenoxy) is 2. The number of nitrogens with two attached hydrogens (primary N) is 1. The van der Waals surface area contributed by atoms with Crippen molar-refractivity contribution in [3.05, 3.63) is 48.0 Å². The van der Waals surface area contributed by atoms with Crippen LogP contribution in [0.25, 0.3) is 0 Å². The van der Waals surface area contributed by atoms with Gasteiger partial charge in [-0.15, -0.1) is 0 Å². The highest BCUT2D eigenvalue weighted by atomic mass is 16.5. The first-order valence-electron chi connectivity index (χ1n) is 6.85. The van der Waals surface area contributed by atoms with Crippen LogP contribution in [0.2, 0.25) is 0 Å². The van der Waals surface area contributed by atoms with Crippen LogP contribution < -0.4 is 15.2 Å². The van der Waals surface area contributed by atoms with Gasteiger partial charge in [-0.05, 0) is 42.2 Å². The summed E-state index contributed by atoms with van der Waals surface area (Å²) < 4.78 is 11.0. The third-order valence-electron chi connectivity index (χ3n) is 3.51. The fourth-order valence-electron chi connectivity index (χ4n) is 1.96. The summed E-state index contributed by atoms with van der Waals surface area (Å²) >= 11 is 0. The molecule has 0 radical (unpaired) electrons. The molecule has 1 unspecified atom stereocenters. The van der Waals surface area contributed by atoms with Gasteiger partial charge in [0.2, 0.25) is 0 Å². The lowest BCUT2D eigenvalue weighted by atomic mass is 9.99. The number of hydrogen-bond donors (Lipinski definition) is 1. The van der Waals surface area contributed by atoms with Gasteiger partial charge >= 0.3 is 0 Å². The van der Waals surface area contributed by atoms with Gasteiger partial charge in [0.1, 0.15) is 11.5 Å². The molecule has 0 aliphatic heterocycles. The topological polar surface area (TPSA) is 44.5 Å². The minimum Gasteiger partial charge on any atom is -0.497 e. The molecule has 0 aliphatic rings. The van der Waals surface area contributed by atoms with E-state index in [1.54, 1.807) is 19.2 Å². The number of nitrogen functional groups attached to an aromatic ring is 1. The standard InChI is InChI=1S/C17H21NO2/c1-4-12(2)13-5-7-14(8-6-13)20-17-11-15(19-3)9-10-16(17)18/h5-12H,4,18H2,1-3H3. The minimum absolute atomic E-state index is 0.561. The molecule has 0 aliphatic carbocycles. The number of anilines is 1. The van der Waals surface area contributed by atoms with Gasteiger partial charge in [0.25, 0.3) is 0 Å². The molecule has 0 aromatic heterocycles. The summed E-state index contributed by atoms with van der Waals surface area (Å²) in [5.74, 6) is 2.68. The number of benzene rings is 2. The van der Waals surface area contributed by atoms with Crippen molar-refractivity contribution in [2.75, 3.05) is 12.8 Å². The number of methoxy groups -OCH3 is 1. The van der Waals surface area contributed by atoms with Crippen LogP contribution in [-0.2, 0) is 0 Å². The number of hydrogen-bond acceptors (Lipinski definition) is 3. The van der Waals surface area contributed by atoms with Crippen LogP contribution in [0.4, 0.5) is 5.69 Å². The summed E-state index contributed by atoms with van der Waals surface area (Å²) in [5.41, 5.74) is 7.82. The smallest absolute Gasteiger partial charge is 0.153 e. The van der Waals surface area contributed by atoms with Crippen molar-refractivity contribution in [1.29, 1.82) is 0 Å². The van der Waals surface area contributed by atoms with Crippen LogP contribution in [0.15, 0.2) is 42.5 Å². The summed E-state index contributed by atoms with van der Waals surface area (Å²) in [6, 6.07) is 13.5. The average Bonchev–Trinajstić information content (AvgIpc) is 2.49. The maximum Gasteiger partial charge on any atom is 0.153 e. The predicted molar refractivity (Wildman–Crippen MR) is 82.6 cm³/mol. The van der Waals surface area contributed by atoms with E-state index in [9.17, 15) is 0 Å². The first-order chi connectivity index (χ1) is 9.63. The molecule has 20 heavy (non-hydrogen) atoms. The molecule has 0 saturated heterocycles. The van der Waals surface area contributed by atoms with Crippen molar-refractivity contribution in [3.8, 4) is 17.2 Å². The zero-order valence-corrected chi connectivity index (χ0v) is 12.2. The molecule has 0 fully saturated rings. The van der Waals surface area contributed by atoms with E-state index < -0.39 is 0 Å². The first-order valence-corrected chi connectivity index (χ1v) is 6.85. The van der Waals surface area contributed by atoms with E-state index in [1.807, 2.05) is 18.2 Å². The van der Waals surface area contributed by atoms with E-state index in [4.69, 9.17) is 15.2 Å². The normalized spacial score (nSPS) is 11.9. The van der Waals surface area contributed by atoms with Crippen molar-refractivity contribution in [3.63, 3.8) is 0 Å². The van der Waals surface area contributed by atoms with Gasteiger partial charge in [0, 0.05) is 6.07 Å². The molecule has 106 valence electrons. The molecule has 2 N–H and O–H groups in total. The minimum atomic E-state index is 0.561. The van der Waals surface area contributed by atoms with Crippen LogP contribution in [0, 0.1) is 0 Å². The molecule has 0 bridgehead atoms. The molecule has 0 amide bonds. The van der Waals surface area contributed by atoms with Gasteiger partial charge in [-0.3, -0.25) is 0 Å². The second-order valence-electron chi connectivity index (χ2n) is 4.88. The molecule has 0 saturated carbocycles. The molecule has 2 rings (SSSR count). The Morgan fingerprint density at radius 1 is 1.05 bits per heavy atom. The fraction of sp³-hybridized carbons (Fsp3) is 0.294. The van der Waals surface area contributed by atoms with Gasteiger partial charge in [-0.2, -0.15) is 0 Å². The van der Waals surface area contributed by atoms with Crippen LogP contribution in [0.1, 0.15) is 31.7 Å². The lowest BCUT2D eigenvalue weighted by Crippen LogP contribution is -1.94. The fourth-order valence-corrected chi connectivity index (χ4v) is 1.96. The molecule has 0 spiro atoms. The molecule has 3 heteroatoms. The predicted octanol–water partition coefficient (Wildman–Crippen LogP) is 4.58. The maximum absolute atomic E-state index is 5.91. The Bertz CT molecular complexity index is 564. The lowest BCUT2D eigenvalue weighted by Gasteiger charge is -2.12. The van der Waals surface area contributed by atoms with Crippen molar-refractivity contribution in [1.82, 2.24) is 0 Å². The summed E-state index contributed by atoms with van der Waals surface area (Å²) in [5, 5.41) is 0. The Morgan fingerprint density at radius 2 is 1.70 bits per heavy atom. The van der Waals surface area contributed by atoms with E-state index in [0.717, 1.165) is 17.9 Å². The van der Waals surface area contributed by atoms with Gasteiger partial charge in [-0.1, -0.05) is 26.0 Å². The second-order valence-corrected chi connectivity index (χ2v) is 4.88. The largest absolute Gasteiger partial charge is 0.497 e. The molecule has 3 nitrogen and oxygen atoms in total. The Balaban J connectivity index is 2.17. The SMILES string of the molecule is CCC(C)c1ccc(Oc2cc(OC)ccc2N)cc1. The van der Waals surface area contributed by atoms with Crippen molar-refractivity contribution in [2.24, 2.45) is 0 Å². The lowest BCUT2D eigenvalue weighted by molar-refractivity contribution is 0.409. The molecule has 1 atom stereocenters. The van der Waals surface area contributed by atoms with E-state index in [-0.39, 0.29) is 0 Å². The highest BCUT2D eigenvalue weighted by Crippen LogP contribution is 2.31. The quantitative estimate of drug-likeness (QED) is 0.809. The van der Waals surface area contributed by atoms with Gasteiger partial charge in [0.05, 0.1) is 12.8 Å². The summed E-state index contributed by atoms with van der Waals surface area (Å²) in [7, 11) is 1.62. The summed E-state index contributed by atoms with van der Waals surface area (Å²) in [6.45, 7) is 4.40. The summed E-state index contributed by atoms with van der Waals surface area (Å²) in [4.78, 5) is 0. The zero-order valence-electron chi connectivity index (χ0n) is 12.2. The van der Waals surface area contributed by atoms with E-state index in [2.05, 4.69) is 26.0 Å². The van der Waals surface area contributed by atoms with Gasteiger partial charge in [-0.25, -0.2) is 0 Å². The third kappa shape index (κ3) is 3.23. The average molecular weight is 271 g/mol. The summed E-state index contributed by atoms with van der Waals surface area (Å²) in [6.07, 6.45) is 1.13.